The Morgan fingerprint density at radius 1 is 1.47 bits per heavy atom. The van der Waals surface area contributed by atoms with Crippen molar-refractivity contribution in [1.29, 1.82) is 0 Å². The number of unbranched alkanes of at least 4 members (excludes halogenated alkanes) is 1. The number of carbonyl (C=O) groups excluding carboxylic acids is 3. The lowest BCUT2D eigenvalue weighted by Crippen LogP contribution is -2.29. The van der Waals surface area contributed by atoms with Crippen molar-refractivity contribution in [3.05, 3.63) is 0 Å². The molecule has 0 aromatic heterocycles. The molecule has 0 aliphatic carbocycles. The smallest absolute Gasteiger partial charge is 0.375 e. The molecule has 1 saturated heterocycles. The molecule has 6 heteroatoms. The van der Waals surface area contributed by atoms with E-state index < -0.39 is 18.1 Å². The molecule has 1 heterocycles. The maximum absolute atomic E-state index is 11.0. The molecule has 0 spiro atoms. The van der Waals surface area contributed by atoms with Gasteiger partial charge in [-0.2, -0.15) is 0 Å². The average Bonchev–Trinajstić information content (AvgIpc) is 2.44. The van der Waals surface area contributed by atoms with Gasteiger partial charge in [0, 0.05) is 13.5 Å². The molecule has 6 nitrogen and oxygen atoms in total. The van der Waals surface area contributed by atoms with Crippen LogP contribution in [0, 0.1) is 0 Å². The van der Waals surface area contributed by atoms with Crippen LogP contribution in [0.3, 0.4) is 0 Å². The fraction of sp³-hybridized carbons (Fsp3) is 0.667. The van der Waals surface area contributed by atoms with Gasteiger partial charge >= 0.3 is 12.1 Å². The maximum Gasteiger partial charge on any atom is 0.415 e. The number of nitrogens with one attached hydrogen (secondary N) is 2. The van der Waals surface area contributed by atoms with Crippen LogP contribution in [-0.4, -0.2) is 30.6 Å². The van der Waals surface area contributed by atoms with Crippen LogP contribution in [0.4, 0.5) is 4.79 Å². The topological polar surface area (TPSA) is 84.5 Å². The molecule has 1 aliphatic rings. The first kappa shape index (κ1) is 11.5. The summed E-state index contributed by atoms with van der Waals surface area (Å²) in [5.41, 5.74) is 0. The average molecular weight is 214 g/mol. The summed E-state index contributed by atoms with van der Waals surface area (Å²) in [4.78, 5) is 32.1. The van der Waals surface area contributed by atoms with E-state index in [4.69, 9.17) is 0 Å². The number of alkyl carbamates (subject to hydrolysis) is 1. The summed E-state index contributed by atoms with van der Waals surface area (Å²) in [7, 11) is 0. The minimum atomic E-state index is -0.674. The molecule has 0 saturated carbocycles. The molecular weight excluding hydrogens is 200 g/mol. The molecule has 1 fully saturated rings. The number of hydrogen-bond donors (Lipinski definition) is 2. The van der Waals surface area contributed by atoms with Crippen molar-refractivity contribution in [2.45, 2.75) is 32.2 Å². The van der Waals surface area contributed by atoms with Gasteiger partial charge in [0.2, 0.25) is 5.91 Å². The van der Waals surface area contributed by atoms with E-state index in [2.05, 4.69) is 15.4 Å². The Morgan fingerprint density at radius 2 is 2.20 bits per heavy atom. The molecule has 2 amide bonds. The Kier molecular flexibility index (Phi) is 4.08. The van der Waals surface area contributed by atoms with Crippen LogP contribution >= 0.6 is 0 Å². The van der Waals surface area contributed by atoms with Gasteiger partial charge in [-0.05, 0) is 19.3 Å². The molecule has 0 aromatic rings. The standard InChI is InChI=1S/C9H14N2O4/c1-6(12)10-5-3-2-4-7-8(13)15-9(14)11-7/h7H,2-5H2,1H3,(H,10,12)(H,11,14). The lowest BCUT2D eigenvalue weighted by atomic mass is 10.1. The molecule has 1 unspecified atom stereocenters. The summed E-state index contributed by atoms with van der Waals surface area (Å²) >= 11 is 0. The number of rotatable bonds is 5. The van der Waals surface area contributed by atoms with E-state index in [1.54, 1.807) is 0 Å². The van der Waals surface area contributed by atoms with Gasteiger partial charge in [0.25, 0.3) is 0 Å². The summed E-state index contributed by atoms with van der Waals surface area (Å²) in [6, 6.07) is -0.519. The molecule has 15 heavy (non-hydrogen) atoms. The minimum Gasteiger partial charge on any atom is -0.375 e. The van der Waals surface area contributed by atoms with Crippen LogP contribution in [0.25, 0.3) is 0 Å². The first-order chi connectivity index (χ1) is 7.09. The Hall–Kier alpha value is -1.59. The zero-order chi connectivity index (χ0) is 11.3. The molecule has 1 aliphatic heterocycles. The molecule has 84 valence electrons. The van der Waals surface area contributed by atoms with E-state index in [1.165, 1.54) is 6.92 Å². The summed E-state index contributed by atoms with van der Waals surface area (Å²) in [6.07, 6.45) is 1.40. The number of carbonyl (C=O) groups is 3. The highest BCUT2D eigenvalue weighted by Gasteiger charge is 2.31. The highest BCUT2D eigenvalue weighted by atomic mass is 16.6. The second-order valence-corrected chi connectivity index (χ2v) is 3.38. The Labute approximate surface area is 87.4 Å². The largest absolute Gasteiger partial charge is 0.415 e. The summed E-state index contributed by atoms with van der Waals surface area (Å²) in [5.74, 6) is -0.580. The normalized spacial score (nSPS) is 19.7. The quantitative estimate of drug-likeness (QED) is 0.381. The molecular formula is C9H14N2O4. The van der Waals surface area contributed by atoms with Crippen LogP contribution in [0.2, 0.25) is 0 Å². The van der Waals surface area contributed by atoms with Gasteiger partial charge in [-0.15, -0.1) is 0 Å². The Morgan fingerprint density at radius 3 is 2.73 bits per heavy atom. The second-order valence-electron chi connectivity index (χ2n) is 3.38. The first-order valence-corrected chi connectivity index (χ1v) is 4.86. The van der Waals surface area contributed by atoms with Gasteiger partial charge in [-0.25, -0.2) is 9.59 Å². The molecule has 1 atom stereocenters. The third kappa shape index (κ3) is 3.97. The van der Waals surface area contributed by atoms with Crippen molar-refractivity contribution in [3.8, 4) is 0 Å². The highest BCUT2D eigenvalue weighted by Crippen LogP contribution is 2.07. The maximum atomic E-state index is 11.0. The molecule has 2 N–H and O–H groups in total. The summed E-state index contributed by atoms with van der Waals surface area (Å²) in [5, 5.41) is 5.05. The van der Waals surface area contributed by atoms with Gasteiger partial charge in [0.05, 0.1) is 0 Å². The van der Waals surface area contributed by atoms with Gasteiger partial charge in [0.1, 0.15) is 6.04 Å². The molecule has 1 rings (SSSR count). The van der Waals surface area contributed by atoms with Crippen molar-refractivity contribution >= 4 is 18.0 Å². The van der Waals surface area contributed by atoms with Crippen molar-refractivity contribution in [2.24, 2.45) is 0 Å². The number of amides is 2. The van der Waals surface area contributed by atoms with Crippen LogP contribution in [-0.2, 0) is 14.3 Å². The van der Waals surface area contributed by atoms with Crippen LogP contribution in [0.1, 0.15) is 26.2 Å². The highest BCUT2D eigenvalue weighted by molar-refractivity contribution is 5.95. The predicted octanol–water partition coefficient (Wildman–Crippen LogP) is -0.0722. The van der Waals surface area contributed by atoms with E-state index in [0.29, 0.717) is 13.0 Å². The molecule has 0 aromatic carbocycles. The Bertz CT molecular complexity index is 277. The predicted molar refractivity (Wildman–Crippen MR) is 50.9 cm³/mol. The number of esters is 1. The number of hydrogen-bond acceptors (Lipinski definition) is 4. The fourth-order valence-electron chi connectivity index (χ4n) is 1.32. The van der Waals surface area contributed by atoms with Gasteiger partial charge < -0.3 is 15.4 Å². The lowest BCUT2D eigenvalue weighted by molar-refractivity contribution is -0.135. The number of ether oxygens (including phenoxy) is 1. The fourth-order valence-corrected chi connectivity index (χ4v) is 1.32. The summed E-state index contributed by atoms with van der Waals surface area (Å²) < 4.78 is 4.31. The van der Waals surface area contributed by atoms with Crippen molar-refractivity contribution < 1.29 is 19.1 Å². The van der Waals surface area contributed by atoms with Crippen LogP contribution in [0.15, 0.2) is 0 Å². The monoisotopic (exact) mass is 214 g/mol. The van der Waals surface area contributed by atoms with E-state index in [1.807, 2.05) is 0 Å². The number of cyclic esters (lactones) is 2. The molecule has 0 bridgehead atoms. The molecule has 0 radical (unpaired) electrons. The van der Waals surface area contributed by atoms with Crippen molar-refractivity contribution in [1.82, 2.24) is 10.6 Å². The van der Waals surface area contributed by atoms with Crippen LogP contribution < -0.4 is 10.6 Å². The van der Waals surface area contributed by atoms with Crippen LogP contribution in [0.5, 0.6) is 0 Å². The van der Waals surface area contributed by atoms with E-state index in [0.717, 1.165) is 12.8 Å². The second kappa shape index (κ2) is 5.33. The Balaban J connectivity index is 2.08. The first-order valence-electron chi connectivity index (χ1n) is 4.86. The van der Waals surface area contributed by atoms with Gasteiger partial charge in [-0.3, -0.25) is 4.79 Å². The van der Waals surface area contributed by atoms with Crippen molar-refractivity contribution in [2.75, 3.05) is 6.54 Å². The lowest BCUT2D eigenvalue weighted by Gasteiger charge is -2.05. The zero-order valence-electron chi connectivity index (χ0n) is 8.54. The third-order valence-electron chi connectivity index (χ3n) is 2.06. The van der Waals surface area contributed by atoms with E-state index in [-0.39, 0.29) is 5.91 Å². The van der Waals surface area contributed by atoms with Gasteiger partial charge in [0.15, 0.2) is 0 Å². The van der Waals surface area contributed by atoms with Crippen molar-refractivity contribution in [3.63, 3.8) is 0 Å². The third-order valence-corrected chi connectivity index (χ3v) is 2.06. The summed E-state index contributed by atoms with van der Waals surface area (Å²) in [6.45, 7) is 2.04. The SMILES string of the molecule is CC(=O)NCCCCC1NC(=O)OC1=O. The zero-order valence-corrected chi connectivity index (χ0v) is 8.54. The minimum absolute atomic E-state index is 0.0661. The van der Waals surface area contributed by atoms with Gasteiger partial charge in [-0.1, -0.05) is 0 Å². The van der Waals surface area contributed by atoms with E-state index in [9.17, 15) is 14.4 Å². The van der Waals surface area contributed by atoms with E-state index >= 15 is 0 Å².